The van der Waals surface area contributed by atoms with E-state index in [0.29, 0.717) is 0 Å². The van der Waals surface area contributed by atoms with Crippen molar-refractivity contribution in [3.8, 4) is 0 Å². The van der Waals surface area contributed by atoms with Crippen molar-refractivity contribution in [2.24, 2.45) is 0 Å². The predicted octanol–water partition coefficient (Wildman–Crippen LogP) is 3.05. The maximum atomic E-state index is 12.6. The van der Waals surface area contributed by atoms with Crippen LogP contribution in [0.15, 0.2) is 30.3 Å². The van der Waals surface area contributed by atoms with Gasteiger partial charge in [-0.15, -0.1) is 0 Å². The summed E-state index contributed by atoms with van der Waals surface area (Å²) in [5.74, 6) is 0.229. The highest BCUT2D eigenvalue weighted by Gasteiger charge is 2.37. The van der Waals surface area contributed by atoms with Gasteiger partial charge in [-0.25, -0.2) is 0 Å². The van der Waals surface area contributed by atoms with Crippen molar-refractivity contribution in [1.29, 1.82) is 0 Å². The largest absolute Gasteiger partial charge is 1.00 e. The Bertz CT molecular complexity index is 417. The number of para-hydroxylation sites is 1. The summed E-state index contributed by atoms with van der Waals surface area (Å²) in [6, 6.07) is 9.88. The number of carbonyl (C=O) groups excluding carboxylic acids is 1. The van der Waals surface area contributed by atoms with E-state index in [-0.39, 0.29) is 18.3 Å². The Morgan fingerprint density at radius 3 is 1.75 bits per heavy atom. The fourth-order valence-corrected chi connectivity index (χ4v) is 7.87. The lowest BCUT2D eigenvalue weighted by atomic mass is 10.3. The zero-order chi connectivity index (χ0) is 17.0. The Kier molecular flexibility index (Phi) is 13.3. The second-order valence-corrected chi connectivity index (χ2v) is 11.0. The molecule has 1 aromatic rings. The molecule has 0 spiro atoms. The van der Waals surface area contributed by atoms with E-state index in [0.717, 1.165) is 11.8 Å². The minimum atomic E-state index is -1.15. The van der Waals surface area contributed by atoms with Gasteiger partial charge in [-0.2, -0.15) is 0 Å². The molecule has 0 bridgehead atoms. The molecule has 1 amide bonds. The second kappa shape index (κ2) is 13.7. The SMILES string of the molecule is CCCC[P+](CCCC)(CCCC)CC(=O)Nc1ccccc1.[Cl-]. The Labute approximate surface area is 155 Å². The van der Waals surface area contributed by atoms with Gasteiger partial charge in [0, 0.05) is 12.9 Å². The number of carbonyl (C=O) groups is 1. The highest BCUT2D eigenvalue weighted by Crippen LogP contribution is 2.60. The summed E-state index contributed by atoms with van der Waals surface area (Å²) >= 11 is 0. The average molecular weight is 372 g/mol. The van der Waals surface area contributed by atoms with E-state index in [1.54, 1.807) is 0 Å². The first kappa shape index (κ1) is 23.4. The molecule has 1 aromatic carbocycles. The van der Waals surface area contributed by atoms with E-state index < -0.39 is 7.26 Å². The fourth-order valence-electron chi connectivity index (χ4n) is 3.08. The lowest BCUT2D eigenvalue weighted by Crippen LogP contribution is -3.00. The summed E-state index contributed by atoms with van der Waals surface area (Å²) in [6.45, 7) is 6.79. The van der Waals surface area contributed by atoms with Crippen molar-refractivity contribution < 1.29 is 17.2 Å². The van der Waals surface area contributed by atoms with Gasteiger partial charge >= 0.3 is 0 Å². The zero-order valence-electron chi connectivity index (χ0n) is 15.7. The first-order valence-corrected chi connectivity index (χ1v) is 11.9. The minimum Gasteiger partial charge on any atom is -1.00 e. The number of hydrogen-bond acceptors (Lipinski definition) is 1. The number of benzene rings is 1. The molecule has 138 valence electrons. The van der Waals surface area contributed by atoms with Crippen LogP contribution in [0.4, 0.5) is 5.69 Å². The van der Waals surface area contributed by atoms with Gasteiger partial charge in [-0.1, -0.05) is 58.2 Å². The van der Waals surface area contributed by atoms with Crippen LogP contribution in [0.25, 0.3) is 0 Å². The topological polar surface area (TPSA) is 29.1 Å². The normalized spacial score (nSPS) is 11.0. The molecule has 0 radical (unpaired) electrons. The van der Waals surface area contributed by atoms with E-state index in [1.165, 1.54) is 57.0 Å². The molecule has 0 saturated heterocycles. The van der Waals surface area contributed by atoms with Gasteiger partial charge < -0.3 is 17.7 Å². The predicted molar refractivity (Wildman–Crippen MR) is 106 cm³/mol. The van der Waals surface area contributed by atoms with E-state index in [4.69, 9.17) is 0 Å². The highest BCUT2D eigenvalue weighted by atomic mass is 35.5. The first-order chi connectivity index (χ1) is 11.2. The number of nitrogens with one attached hydrogen (secondary N) is 1. The van der Waals surface area contributed by atoms with Gasteiger partial charge in [0.2, 0.25) is 0 Å². The molecule has 0 heterocycles. The molecule has 4 heteroatoms. The monoisotopic (exact) mass is 371 g/mol. The number of hydrogen-bond donors (Lipinski definition) is 1. The van der Waals surface area contributed by atoms with Crippen molar-refractivity contribution in [3.05, 3.63) is 30.3 Å². The van der Waals surface area contributed by atoms with Gasteiger partial charge in [0.05, 0.1) is 18.5 Å². The number of anilines is 1. The molecular weight excluding hydrogens is 337 g/mol. The summed E-state index contributed by atoms with van der Waals surface area (Å²) in [7, 11) is -1.15. The number of rotatable bonds is 12. The molecule has 0 saturated carbocycles. The van der Waals surface area contributed by atoms with E-state index in [9.17, 15) is 4.79 Å². The van der Waals surface area contributed by atoms with Crippen molar-refractivity contribution in [2.75, 3.05) is 30.0 Å². The molecule has 1 rings (SSSR count). The molecule has 0 atom stereocenters. The lowest BCUT2D eigenvalue weighted by Gasteiger charge is -2.27. The number of halogens is 1. The minimum absolute atomic E-state index is 0. The Hall–Kier alpha value is -0.590. The highest BCUT2D eigenvalue weighted by molar-refractivity contribution is 7.76. The van der Waals surface area contributed by atoms with Crippen molar-refractivity contribution in [2.45, 2.75) is 59.3 Å². The average Bonchev–Trinajstić information content (AvgIpc) is 2.57. The maximum absolute atomic E-state index is 12.6. The smallest absolute Gasteiger partial charge is 0.261 e. The van der Waals surface area contributed by atoms with Crippen LogP contribution in [0.2, 0.25) is 0 Å². The number of amides is 1. The molecule has 0 fully saturated rings. The summed E-state index contributed by atoms with van der Waals surface area (Å²) in [6.07, 6.45) is 12.2. The summed E-state index contributed by atoms with van der Waals surface area (Å²) in [5.41, 5.74) is 0.928. The zero-order valence-corrected chi connectivity index (χ0v) is 17.3. The van der Waals surface area contributed by atoms with Gasteiger partial charge in [0.25, 0.3) is 5.91 Å². The third kappa shape index (κ3) is 9.04. The second-order valence-electron chi connectivity index (χ2n) is 6.65. The molecule has 0 aromatic heterocycles. The van der Waals surface area contributed by atoms with Gasteiger partial charge in [-0.3, -0.25) is 4.79 Å². The lowest BCUT2D eigenvalue weighted by molar-refractivity contribution is -0.113. The molecule has 24 heavy (non-hydrogen) atoms. The molecular formula is C20H35ClNOP. The molecule has 2 nitrogen and oxygen atoms in total. The van der Waals surface area contributed by atoms with Crippen LogP contribution in [0.5, 0.6) is 0 Å². The maximum Gasteiger partial charge on any atom is 0.261 e. The quantitative estimate of drug-likeness (QED) is 0.562. The van der Waals surface area contributed by atoms with Crippen LogP contribution < -0.4 is 17.7 Å². The third-order valence-electron chi connectivity index (χ3n) is 4.49. The Morgan fingerprint density at radius 1 is 0.875 bits per heavy atom. The Morgan fingerprint density at radius 2 is 1.33 bits per heavy atom. The van der Waals surface area contributed by atoms with Crippen LogP contribution in [-0.4, -0.2) is 30.6 Å². The molecule has 0 aliphatic heterocycles. The summed E-state index contributed by atoms with van der Waals surface area (Å²) in [4.78, 5) is 12.6. The third-order valence-corrected chi connectivity index (χ3v) is 9.25. The molecule has 0 aliphatic rings. The number of unbranched alkanes of at least 4 members (excludes halogenated alkanes) is 3. The van der Waals surface area contributed by atoms with Crippen LogP contribution in [0.3, 0.4) is 0 Å². The van der Waals surface area contributed by atoms with E-state index in [2.05, 4.69) is 26.1 Å². The molecule has 1 N–H and O–H groups in total. The van der Waals surface area contributed by atoms with Gasteiger partial charge in [0.1, 0.15) is 6.16 Å². The van der Waals surface area contributed by atoms with Crippen LogP contribution in [-0.2, 0) is 4.79 Å². The molecule has 0 aliphatic carbocycles. The van der Waals surface area contributed by atoms with E-state index >= 15 is 0 Å². The van der Waals surface area contributed by atoms with E-state index in [1.807, 2.05) is 30.3 Å². The standard InChI is InChI=1S/C20H34NOP.ClH/c1-4-7-15-23(16-8-5-2,17-9-6-3)18-20(22)21-19-13-11-10-12-14-19;/h10-14H,4-9,15-18H2,1-3H3;1H. The summed E-state index contributed by atoms with van der Waals surface area (Å²) in [5, 5.41) is 3.12. The molecule has 0 unspecified atom stereocenters. The van der Waals surface area contributed by atoms with Crippen LogP contribution in [0.1, 0.15) is 59.3 Å². The van der Waals surface area contributed by atoms with Crippen LogP contribution >= 0.6 is 7.26 Å². The van der Waals surface area contributed by atoms with Gasteiger partial charge in [-0.05, 0) is 31.4 Å². The first-order valence-electron chi connectivity index (χ1n) is 9.35. The van der Waals surface area contributed by atoms with Crippen molar-refractivity contribution >= 4 is 18.9 Å². The van der Waals surface area contributed by atoms with Crippen molar-refractivity contribution in [3.63, 3.8) is 0 Å². The Balaban J connectivity index is 0.00000529. The van der Waals surface area contributed by atoms with Crippen LogP contribution in [0, 0.1) is 0 Å². The van der Waals surface area contributed by atoms with Crippen molar-refractivity contribution in [1.82, 2.24) is 0 Å². The summed E-state index contributed by atoms with van der Waals surface area (Å²) < 4.78 is 0. The fraction of sp³-hybridized carbons (Fsp3) is 0.650. The van der Waals surface area contributed by atoms with Gasteiger partial charge in [0.15, 0.2) is 0 Å².